The summed E-state index contributed by atoms with van der Waals surface area (Å²) >= 11 is 5.35. The lowest BCUT2D eigenvalue weighted by atomic mass is 10.2. The van der Waals surface area contributed by atoms with Gasteiger partial charge < -0.3 is 14.3 Å². The predicted molar refractivity (Wildman–Crippen MR) is 83.8 cm³/mol. The number of H-pyrrole nitrogens is 1. The van der Waals surface area contributed by atoms with Gasteiger partial charge in [-0.05, 0) is 43.6 Å². The fourth-order valence-corrected chi connectivity index (χ4v) is 3.97. The Labute approximate surface area is 128 Å². The minimum Gasteiger partial charge on any atom is -0.378 e. The molecule has 0 radical (unpaired) electrons. The van der Waals surface area contributed by atoms with Crippen molar-refractivity contribution in [3.8, 4) is 0 Å². The van der Waals surface area contributed by atoms with Crippen LogP contribution in [0.15, 0.2) is 23.1 Å². The Kier molecular flexibility index (Phi) is 3.90. The Morgan fingerprint density at radius 1 is 1.48 bits per heavy atom. The lowest BCUT2D eigenvalue weighted by Gasteiger charge is -2.10. The van der Waals surface area contributed by atoms with Crippen LogP contribution in [0.5, 0.6) is 0 Å². The number of sulfone groups is 1. The summed E-state index contributed by atoms with van der Waals surface area (Å²) in [5.74, 6) is 0. The van der Waals surface area contributed by atoms with Gasteiger partial charge in [-0.3, -0.25) is 0 Å². The van der Waals surface area contributed by atoms with E-state index in [-0.39, 0.29) is 6.10 Å². The van der Waals surface area contributed by atoms with Crippen LogP contribution in [0.25, 0.3) is 11.0 Å². The molecule has 1 N–H and O–H groups in total. The molecule has 1 fully saturated rings. The third-order valence-electron chi connectivity index (χ3n) is 3.87. The smallest absolute Gasteiger partial charge is 0.178 e. The summed E-state index contributed by atoms with van der Waals surface area (Å²) in [5, 5.41) is 0. The number of imidazole rings is 1. The topological polar surface area (TPSA) is 64.1 Å². The quantitative estimate of drug-likeness (QED) is 0.877. The number of hydrogen-bond donors (Lipinski definition) is 1. The van der Waals surface area contributed by atoms with Crippen molar-refractivity contribution in [1.29, 1.82) is 0 Å². The Bertz CT molecular complexity index is 814. The average Bonchev–Trinajstić information content (AvgIpc) is 3.01. The lowest BCUT2D eigenvalue weighted by molar-refractivity contribution is 0.101. The maximum Gasteiger partial charge on any atom is 0.178 e. The third-order valence-corrected chi connectivity index (χ3v) is 5.33. The van der Waals surface area contributed by atoms with Crippen molar-refractivity contribution in [3.05, 3.63) is 23.0 Å². The molecule has 0 bridgehead atoms. The van der Waals surface area contributed by atoms with Crippen molar-refractivity contribution in [1.82, 2.24) is 9.55 Å². The first-order valence-electron chi connectivity index (χ1n) is 7.00. The largest absolute Gasteiger partial charge is 0.378 e. The van der Waals surface area contributed by atoms with Crippen LogP contribution in [-0.2, 0) is 21.1 Å². The van der Waals surface area contributed by atoms with Gasteiger partial charge in [0.15, 0.2) is 14.6 Å². The highest BCUT2D eigenvalue weighted by Gasteiger charge is 2.18. The van der Waals surface area contributed by atoms with Crippen molar-refractivity contribution < 1.29 is 13.2 Å². The fraction of sp³-hybridized carbons (Fsp3) is 0.500. The molecule has 1 aromatic heterocycles. The molecule has 0 saturated carbocycles. The van der Waals surface area contributed by atoms with E-state index in [4.69, 9.17) is 17.0 Å². The van der Waals surface area contributed by atoms with Crippen molar-refractivity contribution in [2.75, 3.05) is 12.9 Å². The fourth-order valence-electron chi connectivity index (χ4n) is 2.83. The number of benzene rings is 1. The van der Waals surface area contributed by atoms with E-state index >= 15 is 0 Å². The van der Waals surface area contributed by atoms with Gasteiger partial charge in [0.05, 0.1) is 22.0 Å². The second-order valence-corrected chi connectivity index (χ2v) is 7.80. The Morgan fingerprint density at radius 3 is 2.95 bits per heavy atom. The highest BCUT2D eigenvalue weighted by Crippen LogP contribution is 2.24. The highest BCUT2D eigenvalue weighted by molar-refractivity contribution is 7.91. The van der Waals surface area contributed by atoms with E-state index in [2.05, 4.69) is 4.98 Å². The number of fused-ring (bicyclic) bond motifs is 1. The Hall–Kier alpha value is -1.18. The minimum atomic E-state index is -3.28. The zero-order chi connectivity index (χ0) is 15.0. The van der Waals surface area contributed by atoms with Gasteiger partial charge >= 0.3 is 0 Å². The summed E-state index contributed by atoms with van der Waals surface area (Å²) in [6, 6.07) is 5.25. The zero-order valence-electron chi connectivity index (χ0n) is 11.8. The molecule has 0 spiro atoms. The molecule has 3 rings (SSSR count). The summed E-state index contributed by atoms with van der Waals surface area (Å²) in [7, 11) is -3.28. The van der Waals surface area contributed by atoms with Crippen molar-refractivity contribution >= 4 is 33.1 Å². The van der Waals surface area contributed by atoms with Gasteiger partial charge in [0.2, 0.25) is 0 Å². The molecule has 1 saturated heterocycles. The number of nitrogens with one attached hydrogen (secondary N) is 1. The molecule has 21 heavy (non-hydrogen) atoms. The number of para-hydroxylation sites is 1. The first kappa shape index (κ1) is 14.7. The van der Waals surface area contributed by atoms with Gasteiger partial charge in [-0.1, -0.05) is 6.07 Å². The van der Waals surface area contributed by atoms with Crippen molar-refractivity contribution in [3.63, 3.8) is 0 Å². The number of nitrogens with zero attached hydrogens (tertiary/aromatic N) is 1. The molecule has 0 amide bonds. The molecule has 5 nitrogen and oxygen atoms in total. The van der Waals surface area contributed by atoms with E-state index in [1.54, 1.807) is 12.1 Å². The van der Waals surface area contributed by atoms with Crippen LogP contribution in [0, 0.1) is 4.77 Å². The summed E-state index contributed by atoms with van der Waals surface area (Å²) in [6.45, 7) is 1.57. The first-order chi connectivity index (χ1) is 9.97. The minimum absolute atomic E-state index is 0.287. The van der Waals surface area contributed by atoms with Crippen LogP contribution in [0.2, 0.25) is 0 Å². The number of aromatic nitrogens is 2. The molecular weight excluding hydrogens is 308 g/mol. The highest BCUT2D eigenvalue weighted by atomic mass is 32.2. The van der Waals surface area contributed by atoms with Crippen molar-refractivity contribution in [2.24, 2.45) is 0 Å². The second-order valence-electron chi connectivity index (χ2n) is 5.43. The SMILES string of the molecule is CS(=O)(=O)c1cccc2c1[nH]c(=S)n2CCC1CCCO1. The molecule has 1 aromatic carbocycles. The van der Waals surface area contributed by atoms with Gasteiger partial charge in [-0.25, -0.2) is 8.42 Å². The molecule has 1 aliphatic heterocycles. The van der Waals surface area contributed by atoms with Crippen LogP contribution >= 0.6 is 12.2 Å². The Balaban J connectivity index is 1.99. The molecule has 2 aromatic rings. The first-order valence-corrected chi connectivity index (χ1v) is 9.30. The van der Waals surface area contributed by atoms with Crippen molar-refractivity contribution in [2.45, 2.75) is 36.8 Å². The summed E-state index contributed by atoms with van der Waals surface area (Å²) in [6.07, 6.45) is 4.59. The lowest BCUT2D eigenvalue weighted by Crippen LogP contribution is -2.10. The van der Waals surface area contributed by atoms with E-state index in [1.165, 1.54) is 6.26 Å². The monoisotopic (exact) mass is 326 g/mol. The third kappa shape index (κ3) is 2.90. The summed E-state index contributed by atoms with van der Waals surface area (Å²) in [4.78, 5) is 3.33. The summed E-state index contributed by atoms with van der Waals surface area (Å²) < 4.78 is 31.8. The summed E-state index contributed by atoms with van der Waals surface area (Å²) in [5.41, 5.74) is 1.43. The number of ether oxygens (including phenoxy) is 1. The predicted octanol–water partition coefficient (Wildman–Crippen LogP) is 2.67. The molecule has 1 unspecified atom stereocenters. The normalized spacial score (nSPS) is 19.4. The number of rotatable bonds is 4. The van der Waals surface area contributed by atoms with Gasteiger partial charge in [0.25, 0.3) is 0 Å². The van der Waals surface area contributed by atoms with Crippen LogP contribution in [-0.4, -0.2) is 36.9 Å². The van der Waals surface area contributed by atoms with Gasteiger partial charge in [-0.2, -0.15) is 0 Å². The maximum absolute atomic E-state index is 11.9. The van der Waals surface area contributed by atoms with Crippen LogP contribution in [0.1, 0.15) is 19.3 Å². The Morgan fingerprint density at radius 2 is 2.29 bits per heavy atom. The van der Waals surface area contributed by atoms with Crippen LogP contribution in [0.4, 0.5) is 0 Å². The van der Waals surface area contributed by atoms with E-state index in [9.17, 15) is 8.42 Å². The van der Waals surface area contributed by atoms with Crippen LogP contribution in [0.3, 0.4) is 0 Å². The van der Waals surface area contributed by atoms with Crippen LogP contribution < -0.4 is 0 Å². The molecule has 1 aliphatic rings. The second kappa shape index (κ2) is 5.55. The maximum atomic E-state index is 11.9. The standard InChI is InChI=1S/C14H18N2O3S2/c1-21(17,18)12-6-2-5-11-13(12)15-14(20)16(11)8-7-10-4-3-9-19-10/h2,5-6,10H,3-4,7-9H2,1H3,(H,15,20). The molecule has 114 valence electrons. The van der Waals surface area contributed by atoms with E-state index < -0.39 is 9.84 Å². The molecular formula is C14H18N2O3S2. The van der Waals surface area contributed by atoms with E-state index in [1.807, 2.05) is 10.6 Å². The van der Waals surface area contributed by atoms with Gasteiger partial charge in [0.1, 0.15) is 0 Å². The number of aromatic amines is 1. The zero-order valence-corrected chi connectivity index (χ0v) is 13.5. The molecule has 7 heteroatoms. The molecule has 2 heterocycles. The molecule has 1 atom stereocenters. The van der Waals surface area contributed by atoms with E-state index in [0.717, 1.165) is 37.9 Å². The average molecular weight is 326 g/mol. The van der Waals surface area contributed by atoms with Gasteiger partial charge in [-0.15, -0.1) is 0 Å². The number of hydrogen-bond acceptors (Lipinski definition) is 4. The van der Waals surface area contributed by atoms with E-state index in [0.29, 0.717) is 15.2 Å². The number of aryl methyl sites for hydroxylation is 1. The molecule has 0 aliphatic carbocycles. The van der Waals surface area contributed by atoms with Gasteiger partial charge in [0, 0.05) is 19.4 Å².